The van der Waals surface area contributed by atoms with E-state index in [2.05, 4.69) is 13.8 Å². The van der Waals surface area contributed by atoms with E-state index in [4.69, 9.17) is 9.47 Å². The second-order valence-electron chi connectivity index (χ2n) is 7.01. The highest BCUT2D eigenvalue weighted by Crippen LogP contribution is 2.61. The fourth-order valence-electron chi connectivity index (χ4n) is 3.53. The Kier molecular flexibility index (Phi) is 6.33. The Bertz CT molecular complexity index is 497. The zero-order valence-electron chi connectivity index (χ0n) is 14.3. The molecule has 0 amide bonds. The molecule has 4 heteroatoms. The minimum atomic E-state index is -0.700. The van der Waals surface area contributed by atoms with Gasteiger partial charge in [-0.25, -0.2) is 0 Å². The summed E-state index contributed by atoms with van der Waals surface area (Å²) >= 11 is 0. The molecule has 0 spiro atoms. The second-order valence-corrected chi connectivity index (χ2v) is 7.01. The van der Waals surface area contributed by atoms with Crippen LogP contribution in [0.15, 0.2) is 30.3 Å². The summed E-state index contributed by atoms with van der Waals surface area (Å²) in [6, 6.07) is 9.37. The monoisotopic (exact) mass is 320 g/mol. The van der Waals surface area contributed by atoms with E-state index in [0.717, 1.165) is 12.0 Å². The first-order chi connectivity index (χ1) is 11.0. The number of carbonyl (C=O) groups excluding carboxylic acids is 1. The molecule has 1 aromatic carbocycles. The minimum Gasteiger partial charge on any atom is -0.388 e. The van der Waals surface area contributed by atoms with Gasteiger partial charge in [-0.15, -0.1) is 0 Å². The molecular weight excluding hydrogens is 292 g/mol. The number of aliphatic hydroxyl groups excluding tert-OH is 1. The largest absolute Gasteiger partial charge is 0.388 e. The van der Waals surface area contributed by atoms with Crippen LogP contribution in [0, 0.1) is 17.3 Å². The van der Waals surface area contributed by atoms with Crippen molar-refractivity contribution in [3.05, 3.63) is 35.9 Å². The lowest BCUT2D eigenvalue weighted by Gasteiger charge is -2.10. The summed E-state index contributed by atoms with van der Waals surface area (Å²) in [5.74, 6) is 1.04. The van der Waals surface area contributed by atoms with E-state index in [1.54, 1.807) is 7.11 Å². The summed E-state index contributed by atoms with van der Waals surface area (Å²) in [6.45, 7) is 5.40. The quantitative estimate of drug-likeness (QED) is 0.530. The van der Waals surface area contributed by atoms with E-state index >= 15 is 0 Å². The molecule has 1 aromatic rings. The van der Waals surface area contributed by atoms with Gasteiger partial charge >= 0.3 is 0 Å². The van der Waals surface area contributed by atoms with Crippen LogP contribution < -0.4 is 0 Å². The third-order valence-corrected chi connectivity index (χ3v) is 5.12. The lowest BCUT2D eigenvalue weighted by atomic mass is 9.99. The fraction of sp³-hybridized carbons (Fsp3) is 0.632. The number of hydrogen-bond acceptors (Lipinski definition) is 4. The van der Waals surface area contributed by atoms with Crippen LogP contribution in [0.5, 0.6) is 0 Å². The Balaban J connectivity index is 1.76. The van der Waals surface area contributed by atoms with Gasteiger partial charge in [0.15, 0.2) is 0 Å². The zero-order chi connectivity index (χ0) is 16.9. The lowest BCUT2D eigenvalue weighted by Crippen LogP contribution is -2.08. The molecule has 128 valence electrons. The van der Waals surface area contributed by atoms with E-state index in [9.17, 15) is 9.90 Å². The first-order valence-electron chi connectivity index (χ1n) is 8.28. The van der Waals surface area contributed by atoms with Gasteiger partial charge in [0.05, 0.1) is 6.10 Å². The van der Waals surface area contributed by atoms with Gasteiger partial charge in [0.2, 0.25) is 0 Å². The number of carbonyl (C=O) groups is 1. The number of methoxy groups -OCH3 is 1. The van der Waals surface area contributed by atoms with E-state index < -0.39 is 6.10 Å². The molecule has 1 N–H and O–H groups in total. The van der Waals surface area contributed by atoms with Crippen LogP contribution in [0.1, 0.15) is 44.8 Å². The van der Waals surface area contributed by atoms with Crippen molar-refractivity contribution in [1.82, 2.24) is 0 Å². The van der Waals surface area contributed by atoms with Crippen molar-refractivity contribution in [3.8, 4) is 0 Å². The van der Waals surface area contributed by atoms with Gasteiger partial charge in [-0.3, -0.25) is 4.79 Å². The maximum absolute atomic E-state index is 12.3. The maximum atomic E-state index is 12.3. The van der Waals surface area contributed by atoms with Crippen LogP contribution in [-0.2, 0) is 14.3 Å². The number of Topliss-reactive ketones (excluding diaryl/α,β-unsaturated/α-hetero) is 1. The van der Waals surface area contributed by atoms with Crippen molar-refractivity contribution >= 4 is 5.78 Å². The Hall–Kier alpha value is -1.23. The van der Waals surface area contributed by atoms with Gasteiger partial charge in [-0.2, -0.15) is 0 Å². The van der Waals surface area contributed by atoms with Crippen molar-refractivity contribution in [2.45, 2.75) is 39.2 Å². The van der Waals surface area contributed by atoms with Crippen molar-refractivity contribution < 1.29 is 19.4 Å². The predicted molar refractivity (Wildman–Crippen MR) is 88.8 cm³/mol. The zero-order valence-corrected chi connectivity index (χ0v) is 14.3. The number of ketones is 1. The minimum absolute atomic E-state index is 0.139. The van der Waals surface area contributed by atoms with E-state index in [1.165, 1.54) is 0 Å². The first-order valence-corrected chi connectivity index (χ1v) is 8.28. The molecule has 0 heterocycles. The molecule has 1 aliphatic rings. The second kappa shape index (κ2) is 8.04. The Morgan fingerprint density at radius 1 is 1.26 bits per heavy atom. The summed E-state index contributed by atoms with van der Waals surface area (Å²) in [4.78, 5) is 12.3. The molecule has 4 nitrogen and oxygen atoms in total. The number of benzene rings is 1. The molecular formula is C19H28O4. The summed E-state index contributed by atoms with van der Waals surface area (Å²) < 4.78 is 10.2. The third kappa shape index (κ3) is 4.87. The van der Waals surface area contributed by atoms with Gasteiger partial charge in [-0.05, 0) is 29.2 Å². The third-order valence-electron chi connectivity index (χ3n) is 5.12. The average molecular weight is 320 g/mol. The number of aliphatic hydroxyl groups is 1. The van der Waals surface area contributed by atoms with Crippen molar-refractivity contribution in [2.24, 2.45) is 17.3 Å². The Morgan fingerprint density at radius 2 is 1.96 bits per heavy atom. The molecule has 0 saturated heterocycles. The standard InChI is InChI=1S/C19H28O4/c1-19(2)16(9-10-23-13-22-3)17(19)11-15(20)12-18(21)14-7-5-4-6-8-14/h4-8,16-18,21H,9-13H2,1-3H3/t16-,17+,18?/m1/s1. The highest BCUT2D eigenvalue weighted by atomic mass is 16.7. The molecule has 1 saturated carbocycles. The molecule has 0 aliphatic heterocycles. The van der Waals surface area contributed by atoms with Gasteiger partial charge in [0.25, 0.3) is 0 Å². The summed E-state index contributed by atoms with van der Waals surface area (Å²) in [6.07, 6.45) is 0.999. The van der Waals surface area contributed by atoms with Crippen molar-refractivity contribution in [1.29, 1.82) is 0 Å². The molecule has 1 aliphatic carbocycles. The predicted octanol–water partition coefficient (Wildman–Crippen LogP) is 3.35. The van der Waals surface area contributed by atoms with E-state index in [-0.39, 0.29) is 17.6 Å². The van der Waals surface area contributed by atoms with Crippen molar-refractivity contribution in [3.63, 3.8) is 0 Å². The van der Waals surface area contributed by atoms with Gasteiger partial charge in [-0.1, -0.05) is 44.2 Å². The first kappa shape index (κ1) is 18.1. The molecule has 23 heavy (non-hydrogen) atoms. The Morgan fingerprint density at radius 3 is 2.61 bits per heavy atom. The van der Waals surface area contributed by atoms with Gasteiger partial charge in [0, 0.05) is 26.6 Å². The topological polar surface area (TPSA) is 55.8 Å². The summed E-state index contributed by atoms with van der Waals surface area (Å²) in [5, 5.41) is 10.2. The average Bonchev–Trinajstić information content (AvgIpc) is 3.04. The normalized spacial score (nSPS) is 23.5. The number of rotatable bonds is 10. The molecule has 0 aromatic heterocycles. The van der Waals surface area contributed by atoms with Gasteiger partial charge < -0.3 is 14.6 Å². The molecule has 1 fully saturated rings. The van der Waals surface area contributed by atoms with Gasteiger partial charge in [0.1, 0.15) is 12.6 Å². The SMILES string of the molecule is COCOCC[C@@H]1[C@H](CC(=O)CC(O)c2ccccc2)C1(C)C. The molecule has 2 rings (SSSR count). The van der Waals surface area contributed by atoms with Crippen LogP contribution in [0.3, 0.4) is 0 Å². The van der Waals surface area contributed by atoms with E-state index in [1.807, 2.05) is 30.3 Å². The maximum Gasteiger partial charge on any atom is 0.146 e. The highest BCUT2D eigenvalue weighted by Gasteiger charge is 2.56. The summed E-state index contributed by atoms with van der Waals surface area (Å²) in [7, 11) is 1.61. The summed E-state index contributed by atoms with van der Waals surface area (Å²) in [5.41, 5.74) is 0.990. The fourth-order valence-corrected chi connectivity index (χ4v) is 3.53. The van der Waals surface area contributed by atoms with Crippen LogP contribution in [0.4, 0.5) is 0 Å². The Labute approximate surface area is 138 Å². The van der Waals surface area contributed by atoms with E-state index in [0.29, 0.717) is 31.7 Å². The number of hydrogen-bond donors (Lipinski definition) is 1. The van der Waals surface area contributed by atoms with Crippen LogP contribution in [0.25, 0.3) is 0 Å². The van der Waals surface area contributed by atoms with Crippen LogP contribution in [-0.4, -0.2) is 31.4 Å². The number of ether oxygens (including phenoxy) is 2. The van der Waals surface area contributed by atoms with Crippen LogP contribution in [0.2, 0.25) is 0 Å². The van der Waals surface area contributed by atoms with Crippen molar-refractivity contribution in [2.75, 3.05) is 20.5 Å². The lowest BCUT2D eigenvalue weighted by molar-refractivity contribution is -0.121. The molecule has 1 unspecified atom stereocenters. The molecule has 0 bridgehead atoms. The highest BCUT2D eigenvalue weighted by molar-refractivity contribution is 5.79. The smallest absolute Gasteiger partial charge is 0.146 e. The van der Waals surface area contributed by atoms with Crippen LogP contribution >= 0.6 is 0 Å². The molecule has 3 atom stereocenters. The molecule has 0 radical (unpaired) electrons.